The monoisotopic (exact) mass is 355 g/mol. The van der Waals surface area contributed by atoms with Crippen molar-refractivity contribution < 1.29 is 14.4 Å². The van der Waals surface area contributed by atoms with Gasteiger partial charge in [-0.05, 0) is 50.3 Å². The molecule has 1 aliphatic carbocycles. The van der Waals surface area contributed by atoms with Gasteiger partial charge in [0.15, 0.2) is 0 Å². The molecule has 0 bridgehead atoms. The van der Waals surface area contributed by atoms with E-state index in [4.69, 9.17) is 0 Å². The van der Waals surface area contributed by atoms with Crippen LogP contribution in [0.25, 0.3) is 0 Å². The maximum atomic E-state index is 12.8. The smallest absolute Gasteiger partial charge is 0.253 e. The predicted molar refractivity (Wildman–Crippen MR) is 97.8 cm³/mol. The van der Waals surface area contributed by atoms with Crippen molar-refractivity contribution in [3.05, 3.63) is 29.8 Å². The molecule has 3 amide bonds. The number of piperidine rings is 1. The molecular formula is C20H25N3O3. The van der Waals surface area contributed by atoms with Crippen LogP contribution >= 0.6 is 0 Å². The number of benzene rings is 1. The van der Waals surface area contributed by atoms with Gasteiger partial charge in [-0.25, -0.2) is 0 Å². The number of amides is 3. The zero-order valence-electron chi connectivity index (χ0n) is 14.9. The van der Waals surface area contributed by atoms with Gasteiger partial charge in [-0.3, -0.25) is 14.4 Å². The number of nitrogens with zero attached hydrogens (tertiary/aromatic N) is 2. The first-order valence-electron chi connectivity index (χ1n) is 9.62. The van der Waals surface area contributed by atoms with E-state index in [1.807, 2.05) is 29.2 Å². The highest BCUT2D eigenvalue weighted by Gasteiger charge is 2.32. The molecule has 138 valence electrons. The molecule has 0 aromatic heterocycles. The molecule has 1 N–H and O–H groups in total. The summed E-state index contributed by atoms with van der Waals surface area (Å²) in [5, 5.41) is 3.11. The van der Waals surface area contributed by atoms with E-state index < -0.39 is 0 Å². The molecule has 0 unspecified atom stereocenters. The van der Waals surface area contributed by atoms with Crippen LogP contribution in [0.1, 0.15) is 48.9 Å². The maximum Gasteiger partial charge on any atom is 0.253 e. The Morgan fingerprint density at radius 2 is 1.81 bits per heavy atom. The summed E-state index contributed by atoms with van der Waals surface area (Å²) in [6.45, 7) is 2.03. The highest BCUT2D eigenvalue weighted by atomic mass is 16.2. The van der Waals surface area contributed by atoms with Crippen LogP contribution < -0.4 is 10.2 Å². The topological polar surface area (TPSA) is 69.7 Å². The van der Waals surface area contributed by atoms with Gasteiger partial charge in [-0.2, -0.15) is 0 Å². The third-order valence-corrected chi connectivity index (χ3v) is 5.55. The zero-order chi connectivity index (χ0) is 18.1. The second-order valence-corrected chi connectivity index (χ2v) is 7.55. The van der Waals surface area contributed by atoms with Crippen LogP contribution in [0.5, 0.6) is 0 Å². The zero-order valence-corrected chi connectivity index (χ0v) is 14.9. The Hall–Kier alpha value is -2.37. The number of anilines is 1. The van der Waals surface area contributed by atoms with Crippen molar-refractivity contribution in [1.82, 2.24) is 10.2 Å². The molecule has 0 spiro atoms. The van der Waals surface area contributed by atoms with Crippen molar-refractivity contribution >= 4 is 23.4 Å². The molecule has 2 saturated heterocycles. The average molecular weight is 355 g/mol. The van der Waals surface area contributed by atoms with E-state index in [2.05, 4.69) is 5.32 Å². The summed E-state index contributed by atoms with van der Waals surface area (Å²) in [5.41, 5.74) is 1.44. The summed E-state index contributed by atoms with van der Waals surface area (Å²) in [4.78, 5) is 40.2. The van der Waals surface area contributed by atoms with Crippen LogP contribution in [0.3, 0.4) is 0 Å². The van der Waals surface area contributed by atoms with Crippen molar-refractivity contribution in [3.8, 4) is 0 Å². The standard InChI is InChI=1S/C20H25N3O3/c24-18-5-2-10-23(18)17-4-1-3-15(13-17)20(26)22-11-8-16(9-12-22)21-19(25)14-6-7-14/h1,3-4,13-14,16H,2,5-12H2,(H,21,25). The van der Waals surface area contributed by atoms with Crippen LogP contribution in [0.4, 0.5) is 5.69 Å². The van der Waals surface area contributed by atoms with Gasteiger partial charge in [0.25, 0.3) is 5.91 Å². The van der Waals surface area contributed by atoms with E-state index >= 15 is 0 Å². The number of hydrogen-bond acceptors (Lipinski definition) is 3. The lowest BCUT2D eigenvalue weighted by Gasteiger charge is -2.32. The first-order chi connectivity index (χ1) is 12.6. The van der Waals surface area contributed by atoms with Crippen LogP contribution in [-0.2, 0) is 9.59 Å². The SMILES string of the molecule is O=C(NC1CCN(C(=O)c2cccc(N3CCCC3=O)c2)CC1)C1CC1. The summed E-state index contributed by atoms with van der Waals surface area (Å²) in [7, 11) is 0. The number of carbonyl (C=O) groups is 3. The number of rotatable bonds is 4. The Morgan fingerprint density at radius 3 is 2.46 bits per heavy atom. The lowest BCUT2D eigenvalue weighted by Crippen LogP contribution is -2.46. The molecule has 2 aliphatic heterocycles. The molecule has 6 heteroatoms. The number of hydrogen-bond donors (Lipinski definition) is 1. The van der Waals surface area contributed by atoms with Crippen LogP contribution in [0, 0.1) is 5.92 Å². The number of nitrogens with one attached hydrogen (secondary N) is 1. The lowest BCUT2D eigenvalue weighted by atomic mass is 10.0. The fraction of sp³-hybridized carbons (Fsp3) is 0.550. The Labute approximate surface area is 153 Å². The molecule has 1 aromatic carbocycles. The van der Waals surface area contributed by atoms with Gasteiger partial charge in [0.05, 0.1) is 0 Å². The van der Waals surface area contributed by atoms with Gasteiger partial charge in [-0.1, -0.05) is 6.07 Å². The number of likely N-dealkylation sites (tertiary alicyclic amines) is 1. The first-order valence-corrected chi connectivity index (χ1v) is 9.62. The molecule has 0 atom stereocenters. The van der Waals surface area contributed by atoms with Gasteiger partial charge in [0, 0.05) is 49.3 Å². The van der Waals surface area contributed by atoms with Crippen molar-refractivity contribution in [3.63, 3.8) is 0 Å². The minimum Gasteiger partial charge on any atom is -0.353 e. The highest BCUT2D eigenvalue weighted by molar-refractivity contribution is 5.99. The molecule has 2 heterocycles. The third kappa shape index (κ3) is 3.59. The third-order valence-electron chi connectivity index (χ3n) is 5.55. The molecular weight excluding hydrogens is 330 g/mol. The Balaban J connectivity index is 1.36. The second-order valence-electron chi connectivity index (χ2n) is 7.55. The van der Waals surface area contributed by atoms with E-state index in [-0.39, 0.29) is 29.7 Å². The summed E-state index contributed by atoms with van der Waals surface area (Å²) >= 11 is 0. The lowest BCUT2D eigenvalue weighted by molar-refractivity contribution is -0.123. The fourth-order valence-corrected chi connectivity index (χ4v) is 3.80. The summed E-state index contributed by atoms with van der Waals surface area (Å²) in [6.07, 6.45) is 5.08. The summed E-state index contributed by atoms with van der Waals surface area (Å²) in [5.74, 6) is 0.538. The van der Waals surface area contributed by atoms with Gasteiger partial charge < -0.3 is 15.1 Å². The Morgan fingerprint density at radius 1 is 1.04 bits per heavy atom. The minimum atomic E-state index is 0.00506. The second kappa shape index (κ2) is 7.09. The first kappa shape index (κ1) is 17.1. The Bertz CT molecular complexity index is 721. The van der Waals surface area contributed by atoms with E-state index in [9.17, 15) is 14.4 Å². The summed E-state index contributed by atoms with van der Waals surface area (Å²) < 4.78 is 0. The van der Waals surface area contributed by atoms with E-state index in [0.717, 1.165) is 44.3 Å². The van der Waals surface area contributed by atoms with E-state index in [1.54, 1.807) is 4.90 Å². The van der Waals surface area contributed by atoms with Crippen molar-refractivity contribution in [2.45, 2.75) is 44.6 Å². The predicted octanol–water partition coefficient (Wildman–Crippen LogP) is 1.94. The van der Waals surface area contributed by atoms with E-state index in [0.29, 0.717) is 25.1 Å². The van der Waals surface area contributed by atoms with Crippen LogP contribution in [0.2, 0.25) is 0 Å². The Kier molecular flexibility index (Phi) is 4.66. The molecule has 4 rings (SSSR count). The summed E-state index contributed by atoms with van der Waals surface area (Å²) in [6, 6.07) is 7.55. The highest BCUT2D eigenvalue weighted by Crippen LogP contribution is 2.29. The fourth-order valence-electron chi connectivity index (χ4n) is 3.80. The normalized spacial score (nSPS) is 21.2. The van der Waals surface area contributed by atoms with Crippen LogP contribution in [0.15, 0.2) is 24.3 Å². The van der Waals surface area contributed by atoms with E-state index in [1.165, 1.54) is 0 Å². The van der Waals surface area contributed by atoms with Crippen LogP contribution in [-0.4, -0.2) is 48.3 Å². The van der Waals surface area contributed by atoms with Crippen molar-refractivity contribution in [2.24, 2.45) is 5.92 Å². The van der Waals surface area contributed by atoms with Gasteiger partial charge >= 0.3 is 0 Å². The maximum absolute atomic E-state index is 12.8. The van der Waals surface area contributed by atoms with Crippen molar-refractivity contribution in [2.75, 3.05) is 24.5 Å². The molecule has 1 saturated carbocycles. The van der Waals surface area contributed by atoms with Gasteiger partial charge in [-0.15, -0.1) is 0 Å². The van der Waals surface area contributed by atoms with Gasteiger partial charge in [0.1, 0.15) is 0 Å². The minimum absolute atomic E-state index is 0.00506. The number of carbonyl (C=O) groups excluding carboxylic acids is 3. The molecule has 6 nitrogen and oxygen atoms in total. The average Bonchev–Trinajstić information content (AvgIpc) is 3.43. The molecule has 3 aliphatic rings. The molecule has 1 aromatic rings. The van der Waals surface area contributed by atoms with Crippen molar-refractivity contribution in [1.29, 1.82) is 0 Å². The van der Waals surface area contributed by atoms with Gasteiger partial charge in [0.2, 0.25) is 11.8 Å². The molecule has 3 fully saturated rings. The molecule has 0 radical (unpaired) electrons. The quantitative estimate of drug-likeness (QED) is 0.897. The largest absolute Gasteiger partial charge is 0.353 e. The molecule has 26 heavy (non-hydrogen) atoms.